The van der Waals surface area contributed by atoms with E-state index in [0.717, 1.165) is 199 Å². The largest absolute Gasteiger partial charge is 0.588 e. The molecule has 1 saturated heterocycles. The third-order valence-corrected chi connectivity index (χ3v) is 23.4. The number of aliphatic hydroxyl groups excluding tert-OH is 1. The van der Waals surface area contributed by atoms with Gasteiger partial charge in [-0.05, 0) is 87.6 Å². The van der Waals surface area contributed by atoms with Gasteiger partial charge in [-0.3, -0.25) is 33.3 Å². The van der Waals surface area contributed by atoms with Gasteiger partial charge in [0.15, 0.2) is 18.4 Å². The Hall–Kier alpha value is -6.38. The minimum absolute atomic E-state index is 0.0446. The SMILES string of the molecule is CCCCCCCCCCC[C@H](CC(=O)N[C@H]1[C@H](OC[C@H](NC(=O)C[C@@H](CCCCCCCCCCC)OC(=O)CCCCCCCC)C(=O)OCc2ccccc2)O[C@H](CO)[C@@H](OP(=O)(Oc2ccccc2)Oc2ccccc2)[C@@H]1OC(=O)C[C@@H](CCCCCCCCCCC)OC(=O)CCCCCCCC)OC(=O)CCCCCCCC. The highest BCUT2D eigenvalue weighted by molar-refractivity contribution is 7.49. The molecule has 1 fully saturated rings. The number of esters is 5. The summed E-state index contributed by atoms with van der Waals surface area (Å²) in [6.45, 7) is 11.1. The van der Waals surface area contributed by atoms with Crippen LogP contribution in [0.2, 0.25) is 0 Å². The minimum Gasteiger partial charge on any atom is -0.462 e. The molecule has 0 aliphatic carbocycles. The molecule has 0 bridgehead atoms. The third-order valence-electron chi connectivity index (χ3n) is 22.1. The number of phosphoric ester groups is 1. The Morgan fingerprint density at radius 3 is 1.11 bits per heavy atom. The number of phosphoric acid groups is 1. The summed E-state index contributed by atoms with van der Waals surface area (Å²) in [5.74, 6) is -4.50. The standard InChI is InChI=1S/C97H159N2O19P/c1-7-13-19-25-31-34-37-40-51-67-82(111-89(103)70-58-43-28-22-16-10-4)73-87(101)98-85(96(107)109-77-79-61-49-46-50-62-79)78-110-97-93(99-88(102)74-83(68-52-41-38-35-32-26-20-14-8-2)112-90(104)71-59-44-29-23-17-11-5)95(94(86(76-100)114-97)118-119(108,116-80-63-54-47-55-64-80)117-81-65-56-48-57-66-81)115-92(106)75-84(69-53-42-39-36-33-27-21-15-9-3)113-91(105)72-60-45-30-24-18-12-6/h46-50,54-57,61-66,82-86,93-95,97,100H,7-45,51-53,58-60,67-78H2,1-6H3,(H,98,101)(H,99,102)/t82-,83-,84-,85+,86-,93-,94-,95-,97-/m1/s1. The van der Waals surface area contributed by atoms with Crippen molar-refractivity contribution in [3.8, 4) is 11.5 Å². The Morgan fingerprint density at radius 2 is 0.739 bits per heavy atom. The second-order valence-corrected chi connectivity index (χ2v) is 34.5. The van der Waals surface area contributed by atoms with Crippen LogP contribution in [0, 0.1) is 0 Å². The molecule has 3 N–H and O–H groups in total. The molecule has 2 amide bonds. The number of unbranched alkanes of at least 4 members (excludes halogenated alkanes) is 39. The molecule has 0 saturated carbocycles. The van der Waals surface area contributed by atoms with E-state index in [1.165, 1.54) is 75.6 Å². The lowest BCUT2D eigenvalue weighted by Crippen LogP contribution is -2.67. The van der Waals surface area contributed by atoms with E-state index in [1.807, 2.05) is 6.07 Å². The Kier molecular flexibility index (Phi) is 60.9. The van der Waals surface area contributed by atoms with Crippen molar-refractivity contribution in [1.82, 2.24) is 10.6 Å². The second kappa shape index (κ2) is 69.1. The maximum absolute atomic E-state index is 15.9. The zero-order valence-corrected chi connectivity index (χ0v) is 75.3. The molecule has 0 radical (unpaired) electrons. The van der Waals surface area contributed by atoms with Crippen molar-refractivity contribution in [2.45, 2.75) is 450 Å². The predicted molar refractivity (Wildman–Crippen MR) is 471 cm³/mol. The van der Waals surface area contributed by atoms with Gasteiger partial charge in [0.2, 0.25) is 11.8 Å². The summed E-state index contributed by atoms with van der Waals surface area (Å²) in [5.41, 5.74) is 0.641. The number of carbonyl (C=O) groups excluding carboxylic acids is 7. The van der Waals surface area contributed by atoms with Crippen LogP contribution in [0.15, 0.2) is 91.0 Å². The first-order valence-corrected chi connectivity index (χ1v) is 48.7. The van der Waals surface area contributed by atoms with E-state index < -0.39 is 131 Å². The van der Waals surface area contributed by atoms with Crippen molar-refractivity contribution >= 4 is 49.5 Å². The number of benzene rings is 3. The molecule has 0 unspecified atom stereocenters. The molecule has 1 heterocycles. The molecule has 0 aromatic heterocycles. The van der Waals surface area contributed by atoms with Crippen molar-refractivity contribution in [2.24, 2.45) is 0 Å². The first kappa shape index (κ1) is 105. The lowest BCUT2D eigenvalue weighted by atomic mass is 9.95. The predicted octanol–water partition coefficient (Wildman–Crippen LogP) is 23.9. The molecule has 3 aromatic carbocycles. The maximum atomic E-state index is 15.9. The topological polar surface area (TPSA) is 273 Å². The summed E-state index contributed by atoms with van der Waals surface area (Å²) in [7, 11) is -5.07. The zero-order chi connectivity index (χ0) is 85.9. The maximum Gasteiger partial charge on any atom is 0.588 e. The highest BCUT2D eigenvalue weighted by Crippen LogP contribution is 2.53. The van der Waals surface area contributed by atoms with E-state index in [2.05, 4.69) is 52.2 Å². The lowest BCUT2D eigenvalue weighted by Gasteiger charge is -2.45. The number of para-hydroxylation sites is 2. The number of carbonyl (C=O) groups is 7. The van der Waals surface area contributed by atoms with Crippen molar-refractivity contribution < 1.29 is 90.0 Å². The van der Waals surface area contributed by atoms with Crippen molar-refractivity contribution in [1.29, 1.82) is 0 Å². The van der Waals surface area contributed by atoms with Crippen LogP contribution < -0.4 is 19.7 Å². The van der Waals surface area contributed by atoms with Gasteiger partial charge in [-0.25, -0.2) is 9.36 Å². The van der Waals surface area contributed by atoms with Crippen LogP contribution in [0.1, 0.15) is 394 Å². The number of amides is 2. The summed E-state index contributed by atoms with van der Waals surface area (Å²) >= 11 is 0. The van der Waals surface area contributed by atoms with Gasteiger partial charge >= 0.3 is 37.7 Å². The highest BCUT2D eigenvalue weighted by atomic mass is 31.2. The van der Waals surface area contributed by atoms with Crippen LogP contribution in [0.5, 0.6) is 11.5 Å². The third kappa shape index (κ3) is 51.3. The monoisotopic (exact) mass is 1690 g/mol. The fourth-order valence-electron chi connectivity index (χ4n) is 15.1. The van der Waals surface area contributed by atoms with Gasteiger partial charge in [-0.1, -0.05) is 359 Å². The molecule has 3 aromatic rings. The molecule has 1 aliphatic rings. The summed E-state index contributed by atoms with van der Waals surface area (Å²) in [6.07, 6.45) is 35.3. The molecule has 0 spiro atoms. The zero-order valence-electron chi connectivity index (χ0n) is 74.4. The molecule has 119 heavy (non-hydrogen) atoms. The van der Waals surface area contributed by atoms with Gasteiger partial charge in [0.25, 0.3) is 0 Å². The number of aliphatic hydroxyl groups is 1. The highest BCUT2D eigenvalue weighted by Gasteiger charge is 2.54. The van der Waals surface area contributed by atoms with Gasteiger partial charge < -0.3 is 57.9 Å². The normalized spacial score (nSPS) is 16.3. The molecule has 21 nitrogen and oxygen atoms in total. The number of ether oxygens (including phenoxy) is 7. The van der Waals surface area contributed by atoms with Gasteiger partial charge in [0.1, 0.15) is 54.7 Å². The first-order chi connectivity index (χ1) is 58.0. The Morgan fingerprint density at radius 1 is 0.403 bits per heavy atom. The van der Waals surface area contributed by atoms with Gasteiger partial charge in [0, 0.05) is 19.3 Å². The average molecular weight is 1690 g/mol. The van der Waals surface area contributed by atoms with Crippen LogP contribution >= 0.6 is 7.82 Å². The summed E-state index contributed by atoms with van der Waals surface area (Å²) < 4.78 is 79.7. The van der Waals surface area contributed by atoms with E-state index in [9.17, 15) is 29.1 Å². The Labute approximate surface area is 717 Å². The number of hydrogen-bond acceptors (Lipinski definition) is 19. The average Bonchev–Trinajstić information content (AvgIpc) is 0.771. The van der Waals surface area contributed by atoms with Crippen LogP contribution in [0.4, 0.5) is 0 Å². The Bertz CT molecular complexity index is 3070. The molecule has 22 heteroatoms. The van der Waals surface area contributed by atoms with Crippen molar-refractivity contribution in [3.63, 3.8) is 0 Å². The molecule has 676 valence electrons. The first-order valence-electron chi connectivity index (χ1n) is 47.3. The van der Waals surface area contributed by atoms with Gasteiger partial charge in [-0.15, -0.1) is 0 Å². The van der Waals surface area contributed by atoms with Crippen LogP contribution in [0.25, 0.3) is 0 Å². The number of nitrogens with one attached hydrogen (secondary N) is 2. The van der Waals surface area contributed by atoms with E-state index in [4.69, 9.17) is 46.7 Å². The molecule has 9 atom stereocenters. The Balaban J connectivity index is 1.92. The lowest BCUT2D eigenvalue weighted by molar-refractivity contribution is -0.272. The number of rotatable bonds is 76. The van der Waals surface area contributed by atoms with Crippen LogP contribution in [-0.4, -0.2) is 115 Å². The van der Waals surface area contributed by atoms with E-state index in [1.54, 1.807) is 60.7 Å². The molecule has 4 rings (SSSR count). The van der Waals surface area contributed by atoms with E-state index in [0.29, 0.717) is 63.4 Å². The van der Waals surface area contributed by atoms with Crippen LogP contribution in [-0.2, 0) is 82.4 Å². The van der Waals surface area contributed by atoms with Crippen molar-refractivity contribution in [3.05, 3.63) is 96.6 Å². The molecular weight excluding hydrogens is 1530 g/mol. The smallest absolute Gasteiger partial charge is 0.462 e. The second-order valence-electron chi connectivity index (χ2n) is 33.0. The van der Waals surface area contributed by atoms with Crippen LogP contribution in [0.3, 0.4) is 0 Å². The molecular formula is C97H159N2O19P. The van der Waals surface area contributed by atoms with Gasteiger partial charge in [0.05, 0.1) is 32.5 Å². The number of hydrogen-bond donors (Lipinski definition) is 3. The summed E-state index contributed by atoms with van der Waals surface area (Å²) in [6, 6.07) is 21.8. The quantitative estimate of drug-likeness (QED) is 0.0205. The fraction of sp³-hybridized carbons (Fsp3) is 0.742. The summed E-state index contributed by atoms with van der Waals surface area (Å²) in [5, 5.41) is 17.6. The van der Waals surface area contributed by atoms with E-state index in [-0.39, 0.29) is 43.8 Å². The van der Waals surface area contributed by atoms with E-state index >= 15 is 14.2 Å². The summed E-state index contributed by atoms with van der Waals surface area (Å²) in [4.78, 5) is 102. The van der Waals surface area contributed by atoms with Crippen molar-refractivity contribution in [2.75, 3.05) is 13.2 Å². The fourth-order valence-corrected chi connectivity index (χ4v) is 16.5. The van der Waals surface area contributed by atoms with Gasteiger partial charge in [-0.2, -0.15) is 0 Å². The minimum atomic E-state index is -5.07. The molecule has 1 aliphatic heterocycles.